The molecule has 2 atom stereocenters. The molecule has 0 saturated carbocycles. The van der Waals surface area contributed by atoms with Crippen molar-refractivity contribution in [3.63, 3.8) is 0 Å². The summed E-state index contributed by atoms with van der Waals surface area (Å²) >= 11 is 1.61. The maximum Gasteiger partial charge on any atom is 0.237 e. The van der Waals surface area contributed by atoms with Crippen LogP contribution in [0.5, 0.6) is 0 Å². The molecule has 1 amide bonds. The van der Waals surface area contributed by atoms with Gasteiger partial charge in [0.05, 0.1) is 10.9 Å². The number of rotatable bonds is 3. The minimum Gasteiger partial charge on any atom is -0.330 e. The lowest BCUT2D eigenvalue weighted by molar-refractivity contribution is -0.115. The Morgan fingerprint density at radius 3 is 2.94 bits per heavy atom. The van der Waals surface area contributed by atoms with E-state index in [1.165, 1.54) is 5.56 Å². The number of carbonyl (C=O) groups is 1. The summed E-state index contributed by atoms with van der Waals surface area (Å²) in [6, 6.07) is 6.27. The number of thioether (sulfide) groups is 1. The van der Waals surface area contributed by atoms with Gasteiger partial charge in [-0.1, -0.05) is 13.0 Å². The molecule has 1 heterocycles. The highest BCUT2D eigenvalue weighted by atomic mass is 32.2. The maximum atomic E-state index is 11.6. The third-order valence-corrected chi connectivity index (χ3v) is 4.36. The molecule has 3 N–H and O–H groups in total. The molecule has 0 radical (unpaired) electrons. The van der Waals surface area contributed by atoms with E-state index in [1.54, 1.807) is 11.8 Å². The van der Waals surface area contributed by atoms with Crippen LogP contribution in [0.25, 0.3) is 0 Å². The van der Waals surface area contributed by atoms with Gasteiger partial charge in [0, 0.05) is 4.90 Å². The van der Waals surface area contributed by atoms with Crippen LogP contribution in [-0.4, -0.2) is 17.7 Å². The van der Waals surface area contributed by atoms with Gasteiger partial charge in [-0.05, 0) is 43.5 Å². The Morgan fingerprint density at radius 1 is 1.53 bits per heavy atom. The van der Waals surface area contributed by atoms with Crippen molar-refractivity contribution in [2.45, 2.75) is 36.3 Å². The van der Waals surface area contributed by atoms with Gasteiger partial charge in [0.1, 0.15) is 0 Å². The highest BCUT2D eigenvalue weighted by Gasteiger charge is 2.23. The quantitative estimate of drug-likeness (QED) is 0.867. The Balaban J connectivity index is 2.31. The summed E-state index contributed by atoms with van der Waals surface area (Å²) in [7, 11) is 0. The molecule has 1 aromatic carbocycles. The fourth-order valence-corrected chi connectivity index (χ4v) is 2.95. The summed E-state index contributed by atoms with van der Waals surface area (Å²) in [6.45, 7) is 4.70. The van der Waals surface area contributed by atoms with Crippen LogP contribution in [0, 0.1) is 0 Å². The number of hydrogen-bond donors (Lipinski definition) is 2. The lowest BCUT2D eigenvalue weighted by Gasteiger charge is -2.23. The minimum atomic E-state index is -0.00942. The number of carbonyl (C=O) groups excluding carboxylic acids is 1. The summed E-state index contributed by atoms with van der Waals surface area (Å²) in [5.41, 5.74) is 7.89. The Morgan fingerprint density at radius 2 is 2.29 bits per heavy atom. The predicted octanol–water partition coefficient (Wildman–Crippen LogP) is 2.57. The first-order valence-electron chi connectivity index (χ1n) is 5.97. The number of fused-ring (bicyclic) bond motifs is 1. The maximum absolute atomic E-state index is 11.6. The molecule has 17 heavy (non-hydrogen) atoms. The first-order chi connectivity index (χ1) is 8.15. The molecule has 4 heteroatoms. The van der Waals surface area contributed by atoms with E-state index in [4.69, 9.17) is 5.73 Å². The normalized spacial score (nSPS) is 20.6. The van der Waals surface area contributed by atoms with Crippen LogP contribution in [0.4, 0.5) is 5.69 Å². The number of amides is 1. The highest BCUT2D eigenvalue weighted by Crippen LogP contribution is 2.37. The van der Waals surface area contributed by atoms with Gasteiger partial charge >= 0.3 is 0 Å². The van der Waals surface area contributed by atoms with E-state index in [0.29, 0.717) is 12.5 Å². The van der Waals surface area contributed by atoms with Crippen molar-refractivity contribution in [2.75, 3.05) is 11.9 Å². The lowest BCUT2D eigenvalue weighted by atomic mass is 9.96. The van der Waals surface area contributed by atoms with Gasteiger partial charge in [-0.15, -0.1) is 11.8 Å². The summed E-state index contributed by atoms with van der Waals surface area (Å²) < 4.78 is 0. The molecule has 92 valence electrons. The molecule has 1 aliphatic rings. The van der Waals surface area contributed by atoms with Gasteiger partial charge in [-0.2, -0.15) is 0 Å². The van der Waals surface area contributed by atoms with E-state index in [2.05, 4.69) is 30.4 Å². The van der Waals surface area contributed by atoms with Crippen LogP contribution in [0.1, 0.15) is 31.7 Å². The zero-order valence-electron chi connectivity index (χ0n) is 10.2. The smallest absolute Gasteiger partial charge is 0.237 e. The Bertz CT molecular complexity index is 429. The van der Waals surface area contributed by atoms with Crippen molar-refractivity contribution in [3.8, 4) is 0 Å². The molecule has 1 aromatic rings. The van der Waals surface area contributed by atoms with Gasteiger partial charge in [-0.25, -0.2) is 0 Å². The molecule has 2 unspecified atom stereocenters. The average molecular weight is 250 g/mol. The molecule has 0 fully saturated rings. The monoisotopic (exact) mass is 250 g/mol. The van der Waals surface area contributed by atoms with Crippen LogP contribution in [0.2, 0.25) is 0 Å². The molecule has 1 aliphatic heterocycles. The van der Waals surface area contributed by atoms with Crippen LogP contribution >= 0.6 is 11.8 Å². The van der Waals surface area contributed by atoms with Crippen molar-refractivity contribution in [1.29, 1.82) is 0 Å². The molecule has 3 nitrogen and oxygen atoms in total. The van der Waals surface area contributed by atoms with Crippen molar-refractivity contribution < 1.29 is 4.79 Å². The SMILES string of the molecule is CCC(CN)c1ccc2c(c1)NC(=O)C(C)S2. The first kappa shape index (κ1) is 12.5. The Kier molecular flexibility index (Phi) is 3.74. The van der Waals surface area contributed by atoms with Crippen molar-refractivity contribution >= 4 is 23.4 Å². The fourth-order valence-electron chi connectivity index (χ4n) is 2.02. The third-order valence-electron chi connectivity index (χ3n) is 3.18. The molecule has 0 aromatic heterocycles. The highest BCUT2D eigenvalue weighted by molar-refractivity contribution is 8.00. The zero-order chi connectivity index (χ0) is 12.4. The number of hydrogen-bond acceptors (Lipinski definition) is 3. The third kappa shape index (κ3) is 2.48. The number of anilines is 1. The second-order valence-corrected chi connectivity index (χ2v) is 5.73. The van der Waals surface area contributed by atoms with Crippen molar-refractivity contribution in [2.24, 2.45) is 5.73 Å². The number of benzene rings is 1. The molecule has 0 saturated heterocycles. The van der Waals surface area contributed by atoms with Crippen LogP contribution < -0.4 is 11.1 Å². The van der Waals surface area contributed by atoms with Gasteiger partial charge < -0.3 is 11.1 Å². The first-order valence-corrected chi connectivity index (χ1v) is 6.85. The second-order valence-electron chi connectivity index (χ2n) is 4.35. The van der Waals surface area contributed by atoms with Crippen LogP contribution in [0.3, 0.4) is 0 Å². The van der Waals surface area contributed by atoms with Gasteiger partial charge in [0.2, 0.25) is 5.91 Å². The summed E-state index contributed by atoms with van der Waals surface area (Å²) in [5.74, 6) is 0.460. The Hall–Kier alpha value is -1.000. The zero-order valence-corrected chi connectivity index (χ0v) is 11.0. The lowest BCUT2D eigenvalue weighted by Crippen LogP contribution is -2.26. The molecule has 0 bridgehead atoms. The van der Waals surface area contributed by atoms with E-state index in [0.717, 1.165) is 17.0 Å². The van der Waals surface area contributed by atoms with Crippen LogP contribution in [-0.2, 0) is 4.79 Å². The molecular formula is C13H18N2OS. The van der Waals surface area contributed by atoms with Crippen molar-refractivity contribution in [3.05, 3.63) is 23.8 Å². The van der Waals surface area contributed by atoms with Gasteiger partial charge in [-0.3, -0.25) is 4.79 Å². The van der Waals surface area contributed by atoms with Crippen LogP contribution in [0.15, 0.2) is 23.1 Å². The number of nitrogens with two attached hydrogens (primary N) is 1. The topological polar surface area (TPSA) is 55.1 Å². The van der Waals surface area contributed by atoms with Crippen molar-refractivity contribution in [1.82, 2.24) is 0 Å². The minimum absolute atomic E-state index is 0.00942. The molecule has 0 spiro atoms. The van der Waals surface area contributed by atoms with E-state index >= 15 is 0 Å². The molecule has 2 rings (SSSR count). The van der Waals surface area contributed by atoms with E-state index in [-0.39, 0.29) is 11.2 Å². The second kappa shape index (κ2) is 5.10. The summed E-state index contributed by atoms with van der Waals surface area (Å²) in [4.78, 5) is 12.8. The molecular weight excluding hydrogens is 232 g/mol. The van der Waals surface area contributed by atoms with Gasteiger partial charge in [0.15, 0.2) is 0 Å². The Labute approximate surface area is 106 Å². The fraction of sp³-hybridized carbons (Fsp3) is 0.462. The average Bonchev–Trinajstić information content (AvgIpc) is 2.32. The standard InChI is InChI=1S/C13H18N2OS/c1-3-9(7-14)10-4-5-12-11(6-10)15-13(16)8(2)17-12/h4-6,8-9H,3,7,14H2,1-2H3,(H,15,16). The molecule has 0 aliphatic carbocycles. The summed E-state index contributed by atoms with van der Waals surface area (Å²) in [5, 5.41) is 2.94. The number of nitrogens with one attached hydrogen (secondary N) is 1. The van der Waals surface area contributed by atoms with E-state index in [9.17, 15) is 4.79 Å². The van der Waals surface area contributed by atoms with Gasteiger partial charge in [0.25, 0.3) is 0 Å². The summed E-state index contributed by atoms with van der Waals surface area (Å²) in [6.07, 6.45) is 1.02. The predicted molar refractivity (Wildman–Crippen MR) is 72.5 cm³/mol. The largest absolute Gasteiger partial charge is 0.330 e. The van der Waals surface area contributed by atoms with E-state index < -0.39 is 0 Å². The van der Waals surface area contributed by atoms with E-state index in [1.807, 2.05) is 6.92 Å².